The number of thiophene rings is 1. The molecule has 6 nitrogen and oxygen atoms in total. The van der Waals surface area contributed by atoms with E-state index >= 15 is 0 Å². The Labute approximate surface area is 153 Å². The summed E-state index contributed by atoms with van der Waals surface area (Å²) < 4.78 is 6.93. The van der Waals surface area contributed by atoms with E-state index < -0.39 is 0 Å². The lowest BCUT2D eigenvalue weighted by molar-refractivity contribution is 0.242. The van der Waals surface area contributed by atoms with E-state index in [2.05, 4.69) is 26.8 Å². The summed E-state index contributed by atoms with van der Waals surface area (Å²) in [7, 11) is 0. The first kappa shape index (κ1) is 15.6. The van der Waals surface area contributed by atoms with Crippen molar-refractivity contribution < 1.29 is 4.42 Å². The first-order valence-corrected chi connectivity index (χ1v) is 9.55. The minimum atomic E-state index is -0.00702. The van der Waals surface area contributed by atoms with Gasteiger partial charge in [-0.25, -0.2) is 9.50 Å². The van der Waals surface area contributed by atoms with Crippen molar-refractivity contribution in [2.75, 3.05) is 6.54 Å². The molecule has 0 radical (unpaired) electrons. The third kappa shape index (κ3) is 2.51. The monoisotopic (exact) mass is 366 g/mol. The Balaban J connectivity index is 1.54. The van der Waals surface area contributed by atoms with E-state index in [1.165, 1.54) is 5.56 Å². The molecule has 0 aromatic carbocycles. The summed E-state index contributed by atoms with van der Waals surface area (Å²) in [4.78, 5) is 20.1. The maximum absolute atomic E-state index is 13.0. The zero-order valence-corrected chi connectivity index (χ0v) is 15.2. The SMILES string of the molecule is Cc1occc1-c1cc2nc3c(c(=O)n2[nH]1)CN(Cc1ccsc1)CC3. The fourth-order valence-corrected chi connectivity index (χ4v) is 4.28. The minimum absolute atomic E-state index is 0.00702. The van der Waals surface area contributed by atoms with Crippen molar-refractivity contribution in [2.45, 2.75) is 26.4 Å². The molecule has 0 saturated carbocycles. The number of aromatic amines is 1. The number of H-pyrrole nitrogens is 1. The second-order valence-corrected chi connectivity index (χ2v) is 7.47. The highest BCUT2D eigenvalue weighted by Crippen LogP contribution is 2.24. The van der Waals surface area contributed by atoms with Crippen LogP contribution < -0.4 is 5.56 Å². The molecule has 0 bridgehead atoms. The summed E-state index contributed by atoms with van der Waals surface area (Å²) in [5.74, 6) is 0.816. The summed E-state index contributed by atoms with van der Waals surface area (Å²) in [6.45, 7) is 4.34. The number of hydrogen-bond donors (Lipinski definition) is 1. The molecular formula is C19H18N4O2S. The maximum atomic E-state index is 13.0. The van der Waals surface area contributed by atoms with Crippen molar-refractivity contribution in [1.82, 2.24) is 19.5 Å². The quantitative estimate of drug-likeness (QED) is 0.605. The van der Waals surface area contributed by atoms with E-state index in [1.54, 1.807) is 22.1 Å². The maximum Gasteiger partial charge on any atom is 0.277 e. The van der Waals surface area contributed by atoms with Crippen LogP contribution in [0.4, 0.5) is 0 Å². The Kier molecular flexibility index (Phi) is 3.58. The Morgan fingerprint density at radius 2 is 2.31 bits per heavy atom. The first-order valence-electron chi connectivity index (χ1n) is 8.60. The van der Waals surface area contributed by atoms with Gasteiger partial charge in [-0.05, 0) is 35.4 Å². The Morgan fingerprint density at radius 3 is 3.08 bits per heavy atom. The van der Waals surface area contributed by atoms with Gasteiger partial charge in [-0.3, -0.25) is 14.8 Å². The highest BCUT2D eigenvalue weighted by molar-refractivity contribution is 7.07. The van der Waals surface area contributed by atoms with Gasteiger partial charge in [0.05, 0.1) is 23.2 Å². The van der Waals surface area contributed by atoms with Gasteiger partial charge < -0.3 is 4.42 Å². The summed E-state index contributed by atoms with van der Waals surface area (Å²) >= 11 is 1.70. The van der Waals surface area contributed by atoms with Crippen LogP contribution in [0.25, 0.3) is 16.9 Å². The number of furan rings is 1. The van der Waals surface area contributed by atoms with Gasteiger partial charge in [0.2, 0.25) is 0 Å². The van der Waals surface area contributed by atoms with Gasteiger partial charge in [0.15, 0.2) is 5.65 Å². The van der Waals surface area contributed by atoms with Crippen LogP contribution in [0, 0.1) is 6.92 Å². The molecule has 0 unspecified atom stereocenters. The second kappa shape index (κ2) is 5.96. The minimum Gasteiger partial charge on any atom is -0.469 e. The average Bonchev–Trinajstić information content (AvgIpc) is 3.36. The summed E-state index contributed by atoms with van der Waals surface area (Å²) in [6, 6.07) is 5.95. The van der Waals surface area contributed by atoms with E-state index in [0.29, 0.717) is 12.2 Å². The number of aryl methyl sites for hydroxylation is 1. The van der Waals surface area contributed by atoms with Gasteiger partial charge in [0, 0.05) is 37.7 Å². The predicted octanol–water partition coefficient (Wildman–Crippen LogP) is 3.21. The molecule has 0 atom stereocenters. The van der Waals surface area contributed by atoms with Crippen molar-refractivity contribution in [3.05, 3.63) is 68.2 Å². The van der Waals surface area contributed by atoms with Gasteiger partial charge >= 0.3 is 0 Å². The predicted molar refractivity (Wildman–Crippen MR) is 100 cm³/mol. The van der Waals surface area contributed by atoms with E-state index in [9.17, 15) is 4.79 Å². The fourth-order valence-electron chi connectivity index (χ4n) is 3.62. The van der Waals surface area contributed by atoms with Crippen LogP contribution in [-0.2, 0) is 19.5 Å². The topological polar surface area (TPSA) is 66.5 Å². The number of nitrogens with zero attached hydrogens (tertiary/aromatic N) is 3. The third-order valence-electron chi connectivity index (χ3n) is 4.98. The number of hydrogen-bond acceptors (Lipinski definition) is 5. The van der Waals surface area contributed by atoms with E-state index in [0.717, 1.165) is 47.8 Å². The lowest BCUT2D eigenvalue weighted by Gasteiger charge is -2.27. The normalized spacial score (nSPS) is 14.8. The molecule has 132 valence electrons. The molecule has 0 aliphatic carbocycles. The smallest absolute Gasteiger partial charge is 0.277 e. The Morgan fingerprint density at radius 1 is 1.38 bits per heavy atom. The lowest BCUT2D eigenvalue weighted by atomic mass is 10.1. The van der Waals surface area contributed by atoms with Crippen molar-refractivity contribution in [3.63, 3.8) is 0 Å². The van der Waals surface area contributed by atoms with Crippen LogP contribution in [0.3, 0.4) is 0 Å². The van der Waals surface area contributed by atoms with Crippen LogP contribution in [0.5, 0.6) is 0 Å². The second-order valence-electron chi connectivity index (χ2n) is 6.69. The summed E-state index contributed by atoms with van der Waals surface area (Å²) in [6.07, 6.45) is 2.45. The third-order valence-corrected chi connectivity index (χ3v) is 5.71. The van der Waals surface area contributed by atoms with Crippen LogP contribution >= 0.6 is 11.3 Å². The molecule has 7 heteroatoms. The number of fused-ring (bicyclic) bond motifs is 2. The van der Waals surface area contributed by atoms with Crippen LogP contribution in [0.15, 0.2) is 44.4 Å². The molecule has 5 rings (SSSR count). The molecule has 1 N–H and O–H groups in total. The van der Waals surface area contributed by atoms with Gasteiger partial charge in [0.1, 0.15) is 5.76 Å². The van der Waals surface area contributed by atoms with E-state index in [4.69, 9.17) is 9.40 Å². The zero-order chi connectivity index (χ0) is 17.7. The molecule has 0 fully saturated rings. The summed E-state index contributed by atoms with van der Waals surface area (Å²) in [5.41, 5.74) is 5.46. The van der Waals surface area contributed by atoms with Gasteiger partial charge in [-0.15, -0.1) is 0 Å². The number of nitrogens with one attached hydrogen (secondary N) is 1. The molecule has 4 aromatic rings. The van der Waals surface area contributed by atoms with Crippen molar-refractivity contribution in [1.29, 1.82) is 0 Å². The Bertz CT molecular complexity index is 1140. The fraction of sp³-hybridized carbons (Fsp3) is 0.263. The highest BCUT2D eigenvalue weighted by atomic mass is 32.1. The lowest BCUT2D eigenvalue weighted by Crippen LogP contribution is -2.36. The van der Waals surface area contributed by atoms with E-state index in [1.807, 2.05) is 19.1 Å². The molecule has 4 aromatic heterocycles. The van der Waals surface area contributed by atoms with Gasteiger partial charge in [-0.2, -0.15) is 11.3 Å². The average molecular weight is 366 g/mol. The largest absolute Gasteiger partial charge is 0.469 e. The molecule has 0 saturated heterocycles. The Hall–Kier alpha value is -2.64. The molecule has 0 amide bonds. The van der Waals surface area contributed by atoms with Crippen molar-refractivity contribution >= 4 is 17.0 Å². The standard InChI is InChI=1S/C19H18N4O2S/c1-12-14(3-6-25-12)17-8-18-20-16-2-5-22(9-13-4-7-26-11-13)10-15(16)19(24)23(18)21-17/h3-4,6-8,11,21H,2,5,9-10H2,1H3. The molecule has 0 spiro atoms. The molecule has 5 heterocycles. The molecule has 1 aliphatic heterocycles. The van der Waals surface area contributed by atoms with Gasteiger partial charge in [0.25, 0.3) is 5.56 Å². The number of aromatic nitrogens is 3. The highest BCUT2D eigenvalue weighted by Gasteiger charge is 2.23. The molecule has 1 aliphatic rings. The van der Waals surface area contributed by atoms with Crippen LogP contribution in [0.2, 0.25) is 0 Å². The van der Waals surface area contributed by atoms with Gasteiger partial charge in [-0.1, -0.05) is 0 Å². The number of rotatable bonds is 3. The first-order chi connectivity index (χ1) is 12.7. The van der Waals surface area contributed by atoms with Crippen LogP contribution in [-0.4, -0.2) is 26.0 Å². The molecule has 26 heavy (non-hydrogen) atoms. The van der Waals surface area contributed by atoms with Crippen molar-refractivity contribution in [3.8, 4) is 11.3 Å². The van der Waals surface area contributed by atoms with Crippen LogP contribution in [0.1, 0.15) is 22.6 Å². The van der Waals surface area contributed by atoms with Crippen molar-refractivity contribution in [2.24, 2.45) is 0 Å². The summed E-state index contributed by atoms with van der Waals surface area (Å²) in [5, 5.41) is 7.43. The zero-order valence-electron chi connectivity index (χ0n) is 14.4. The van der Waals surface area contributed by atoms with E-state index in [-0.39, 0.29) is 5.56 Å². The molecular weight excluding hydrogens is 348 g/mol.